The Morgan fingerprint density at radius 3 is 3.12 bits per heavy atom. The Morgan fingerprint density at radius 1 is 1.44 bits per heavy atom. The molecule has 1 aliphatic rings. The number of hydrogen-bond acceptors (Lipinski definition) is 2. The van der Waals surface area contributed by atoms with Gasteiger partial charge in [0, 0.05) is 24.0 Å². The Kier molecular flexibility index (Phi) is 2.07. The fraction of sp³-hybridized carbons (Fsp3) is 0.308. The van der Waals surface area contributed by atoms with Crippen LogP contribution >= 0.6 is 0 Å². The van der Waals surface area contributed by atoms with E-state index in [0.717, 1.165) is 31.3 Å². The Morgan fingerprint density at radius 2 is 2.31 bits per heavy atom. The molecule has 16 heavy (non-hydrogen) atoms. The highest BCUT2D eigenvalue weighted by molar-refractivity contribution is 5.90. The summed E-state index contributed by atoms with van der Waals surface area (Å²) < 4.78 is 0. The summed E-state index contributed by atoms with van der Waals surface area (Å²) in [4.78, 5) is 16.2. The van der Waals surface area contributed by atoms with Crippen molar-refractivity contribution >= 4 is 17.2 Å². The Hall–Kier alpha value is -1.61. The van der Waals surface area contributed by atoms with Crippen LogP contribution in [-0.4, -0.2) is 29.8 Å². The molecule has 2 aromatic rings. The van der Waals surface area contributed by atoms with E-state index in [0.29, 0.717) is 5.69 Å². The van der Waals surface area contributed by atoms with Gasteiger partial charge in [-0.05, 0) is 36.7 Å². The van der Waals surface area contributed by atoms with Gasteiger partial charge in [0.15, 0.2) is 6.29 Å². The summed E-state index contributed by atoms with van der Waals surface area (Å²) in [6.07, 6.45) is 1.95. The van der Waals surface area contributed by atoms with Gasteiger partial charge in [0.25, 0.3) is 0 Å². The molecule has 0 unspecified atom stereocenters. The molecule has 1 aromatic carbocycles. The second-order valence-corrected chi connectivity index (χ2v) is 4.49. The highest BCUT2D eigenvalue weighted by Crippen LogP contribution is 2.27. The zero-order chi connectivity index (χ0) is 11.1. The van der Waals surface area contributed by atoms with Crippen LogP contribution in [0.2, 0.25) is 0 Å². The lowest BCUT2D eigenvalue weighted by atomic mass is 9.96. The SMILES string of the molecule is CN1CCc2c(ccc3[nH]c(C=O)cc23)C1. The van der Waals surface area contributed by atoms with Crippen LogP contribution in [0.1, 0.15) is 21.6 Å². The molecule has 3 nitrogen and oxygen atoms in total. The summed E-state index contributed by atoms with van der Waals surface area (Å²) >= 11 is 0. The molecule has 0 aliphatic carbocycles. The summed E-state index contributed by atoms with van der Waals surface area (Å²) in [7, 11) is 2.14. The molecule has 1 N–H and O–H groups in total. The van der Waals surface area contributed by atoms with Gasteiger partial charge in [-0.15, -0.1) is 0 Å². The van der Waals surface area contributed by atoms with Crippen LogP contribution in [0.25, 0.3) is 10.9 Å². The Balaban J connectivity index is 2.22. The maximum absolute atomic E-state index is 10.8. The lowest BCUT2D eigenvalue weighted by Gasteiger charge is -2.25. The van der Waals surface area contributed by atoms with Crippen molar-refractivity contribution in [2.24, 2.45) is 0 Å². The van der Waals surface area contributed by atoms with Gasteiger partial charge in [0.2, 0.25) is 0 Å². The number of aromatic nitrogens is 1. The predicted molar refractivity (Wildman–Crippen MR) is 63.7 cm³/mol. The summed E-state index contributed by atoms with van der Waals surface area (Å²) in [5, 5.41) is 1.22. The quantitative estimate of drug-likeness (QED) is 0.737. The first-order chi connectivity index (χ1) is 7.78. The molecule has 0 radical (unpaired) electrons. The molecule has 82 valence electrons. The summed E-state index contributed by atoms with van der Waals surface area (Å²) in [5.41, 5.74) is 4.53. The number of aromatic amines is 1. The van der Waals surface area contributed by atoms with Gasteiger partial charge in [-0.2, -0.15) is 0 Å². The summed E-state index contributed by atoms with van der Waals surface area (Å²) in [6.45, 7) is 2.10. The monoisotopic (exact) mass is 214 g/mol. The summed E-state index contributed by atoms with van der Waals surface area (Å²) in [5.74, 6) is 0. The second-order valence-electron chi connectivity index (χ2n) is 4.49. The van der Waals surface area contributed by atoms with Crippen molar-refractivity contribution in [2.75, 3.05) is 13.6 Å². The van der Waals surface area contributed by atoms with Crippen molar-refractivity contribution in [1.82, 2.24) is 9.88 Å². The highest BCUT2D eigenvalue weighted by atomic mass is 16.1. The maximum atomic E-state index is 10.8. The van der Waals surface area contributed by atoms with Crippen LogP contribution in [0.15, 0.2) is 18.2 Å². The molecular weight excluding hydrogens is 200 g/mol. The number of rotatable bonds is 1. The van der Waals surface area contributed by atoms with Gasteiger partial charge in [0.05, 0.1) is 5.69 Å². The molecule has 1 aliphatic heterocycles. The minimum absolute atomic E-state index is 0.669. The van der Waals surface area contributed by atoms with E-state index in [4.69, 9.17) is 0 Å². The predicted octanol–water partition coefficient (Wildman–Crippen LogP) is 1.97. The third kappa shape index (κ3) is 1.36. The topological polar surface area (TPSA) is 36.1 Å². The first-order valence-electron chi connectivity index (χ1n) is 5.55. The first-order valence-corrected chi connectivity index (χ1v) is 5.55. The minimum atomic E-state index is 0.669. The Labute approximate surface area is 94.1 Å². The lowest BCUT2D eigenvalue weighted by Crippen LogP contribution is -2.26. The third-order valence-corrected chi connectivity index (χ3v) is 3.34. The van der Waals surface area contributed by atoms with Crippen molar-refractivity contribution < 1.29 is 4.79 Å². The standard InChI is InChI=1S/C13H14N2O/c1-15-5-4-11-9(7-15)2-3-13-12(11)6-10(8-16)14-13/h2-3,6,8,14H,4-5,7H2,1H3. The molecular formula is C13H14N2O. The molecule has 3 rings (SSSR count). The average Bonchev–Trinajstić information content (AvgIpc) is 2.71. The van der Waals surface area contributed by atoms with Crippen molar-refractivity contribution in [2.45, 2.75) is 13.0 Å². The van der Waals surface area contributed by atoms with E-state index in [1.807, 2.05) is 6.07 Å². The molecule has 0 saturated carbocycles. The molecule has 0 bridgehead atoms. The molecule has 3 heteroatoms. The number of likely N-dealkylation sites (N-methyl/N-ethyl adjacent to an activating group) is 1. The number of carbonyl (C=O) groups is 1. The molecule has 1 aromatic heterocycles. The molecule has 0 fully saturated rings. The van der Waals surface area contributed by atoms with Crippen molar-refractivity contribution in [1.29, 1.82) is 0 Å². The number of H-pyrrole nitrogens is 1. The van der Waals surface area contributed by atoms with E-state index in [2.05, 4.69) is 29.1 Å². The van der Waals surface area contributed by atoms with E-state index < -0.39 is 0 Å². The number of fused-ring (bicyclic) bond motifs is 3. The number of hydrogen-bond donors (Lipinski definition) is 1. The normalized spacial score (nSPS) is 16.3. The fourth-order valence-electron chi connectivity index (χ4n) is 2.51. The molecule has 0 amide bonds. The van der Waals surface area contributed by atoms with Gasteiger partial charge in [-0.25, -0.2) is 0 Å². The molecule has 0 spiro atoms. The van der Waals surface area contributed by atoms with Crippen molar-refractivity contribution in [3.05, 3.63) is 35.0 Å². The molecule has 0 saturated heterocycles. The van der Waals surface area contributed by atoms with Gasteiger partial charge in [0.1, 0.15) is 0 Å². The van der Waals surface area contributed by atoms with Crippen LogP contribution in [0, 0.1) is 0 Å². The van der Waals surface area contributed by atoms with E-state index in [-0.39, 0.29) is 0 Å². The third-order valence-electron chi connectivity index (χ3n) is 3.34. The van der Waals surface area contributed by atoms with Gasteiger partial charge in [-0.3, -0.25) is 4.79 Å². The number of aldehydes is 1. The smallest absolute Gasteiger partial charge is 0.166 e. The first kappa shape index (κ1) is 9.60. The average molecular weight is 214 g/mol. The molecule has 2 heterocycles. The van der Waals surface area contributed by atoms with E-state index in [9.17, 15) is 4.79 Å². The lowest BCUT2D eigenvalue weighted by molar-refractivity contribution is 0.112. The van der Waals surface area contributed by atoms with Crippen LogP contribution in [0.3, 0.4) is 0 Å². The van der Waals surface area contributed by atoms with Gasteiger partial charge < -0.3 is 9.88 Å². The van der Waals surface area contributed by atoms with Crippen molar-refractivity contribution in [3.8, 4) is 0 Å². The zero-order valence-corrected chi connectivity index (χ0v) is 9.29. The van der Waals surface area contributed by atoms with Crippen molar-refractivity contribution in [3.63, 3.8) is 0 Å². The minimum Gasteiger partial charge on any atom is -0.352 e. The number of carbonyl (C=O) groups excluding carboxylic acids is 1. The second kappa shape index (κ2) is 3.46. The number of nitrogens with one attached hydrogen (secondary N) is 1. The molecule has 0 atom stereocenters. The largest absolute Gasteiger partial charge is 0.352 e. The summed E-state index contributed by atoms with van der Waals surface area (Å²) in [6, 6.07) is 6.20. The fourth-order valence-corrected chi connectivity index (χ4v) is 2.51. The van der Waals surface area contributed by atoms with Crippen LogP contribution in [-0.2, 0) is 13.0 Å². The zero-order valence-electron chi connectivity index (χ0n) is 9.29. The van der Waals surface area contributed by atoms with Gasteiger partial charge >= 0.3 is 0 Å². The number of benzene rings is 1. The Bertz CT molecular complexity index is 556. The van der Waals surface area contributed by atoms with E-state index in [1.54, 1.807) is 0 Å². The van der Waals surface area contributed by atoms with Crippen LogP contribution in [0.5, 0.6) is 0 Å². The number of nitrogens with zero attached hydrogens (tertiary/aromatic N) is 1. The van der Waals surface area contributed by atoms with E-state index in [1.165, 1.54) is 16.5 Å². The van der Waals surface area contributed by atoms with Gasteiger partial charge in [-0.1, -0.05) is 6.07 Å². The van der Waals surface area contributed by atoms with Crippen LogP contribution < -0.4 is 0 Å². The van der Waals surface area contributed by atoms with E-state index >= 15 is 0 Å². The maximum Gasteiger partial charge on any atom is 0.166 e. The highest BCUT2D eigenvalue weighted by Gasteiger charge is 2.16. The van der Waals surface area contributed by atoms with Crippen LogP contribution in [0.4, 0.5) is 0 Å².